The summed E-state index contributed by atoms with van der Waals surface area (Å²) in [5.41, 5.74) is -0.149. The SMILES string of the molecule is CC(C)(O)c1cc(Cl)nc(N[C@H]2[C@H](C(C)(C)C)[C@@H](C(=O)O)N(C(=O)C3CCCCC3)[C@H]2c2ccccc2)c1. The standard InChI is InChI=1S/C30H40ClN3O4/c1-29(2,3)23-24(33-22-17-20(30(4,5)38)16-21(31)32-22)25(18-12-8-6-9-13-18)34(26(23)28(36)37)27(35)19-14-10-7-11-15-19/h6,8-9,12-13,16-17,19,23-26,38H,7,10-11,14-15H2,1-5H3,(H,32,33)(H,36,37)/t23-,24-,25-,26-/m0/s1. The number of carboxylic acids is 1. The van der Waals surface area contributed by atoms with E-state index in [1.54, 1.807) is 30.9 Å². The maximum absolute atomic E-state index is 14.2. The zero-order chi connectivity index (χ0) is 27.8. The van der Waals surface area contributed by atoms with E-state index in [9.17, 15) is 19.8 Å². The van der Waals surface area contributed by atoms with Gasteiger partial charge < -0.3 is 20.4 Å². The van der Waals surface area contributed by atoms with Gasteiger partial charge in [0.05, 0.1) is 17.7 Å². The molecule has 1 saturated carbocycles. The molecule has 1 aromatic heterocycles. The van der Waals surface area contributed by atoms with Crippen LogP contribution in [0.4, 0.5) is 5.82 Å². The summed E-state index contributed by atoms with van der Waals surface area (Å²) in [5.74, 6) is -1.27. The topological polar surface area (TPSA) is 103 Å². The van der Waals surface area contributed by atoms with Gasteiger partial charge in [-0.15, -0.1) is 0 Å². The molecule has 1 amide bonds. The minimum atomic E-state index is -1.15. The monoisotopic (exact) mass is 541 g/mol. The molecule has 206 valence electrons. The average Bonchev–Trinajstić information content (AvgIpc) is 3.19. The summed E-state index contributed by atoms with van der Waals surface area (Å²) in [4.78, 5) is 33.3. The number of carboxylic acid groups (broad SMARTS) is 1. The van der Waals surface area contributed by atoms with Crippen LogP contribution in [-0.4, -0.2) is 44.1 Å². The van der Waals surface area contributed by atoms with Gasteiger partial charge in [0.15, 0.2) is 0 Å². The predicted octanol–water partition coefficient (Wildman–Crippen LogP) is 6.02. The molecule has 7 nitrogen and oxygen atoms in total. The van der Waals surface area contributed by atoms with E-state index >= 15 is 0 Å². The Kier molecular flexibility index (Phi) is 8.10. The van der Waals surface area contributed by atoms with Crippen LogP contribution in [0.3, 0.4) is 0 Å². The lowest BCUT2D eigenvalue weighted by molar-refractivity contribution is -0.154. The Labute approximate surface area is 230 Å². The second-order valence-electron chi connectivity index (χ2n) is 12.4. The third-order valence-corrected chi connectivity index (χ3v) is 8.28. The predicted molar refractivity (Wildman–Crippen MR) is 149 cm³/mol. The molecule has 2 aliphatic rings. The number of aliphatic carboxylic acids is 1. The quantitative estimate of drug-likeness (QED) is 0.386. The van der Waals surface area contributed by atoms with Crippen molar-refractivity contribution < 1.29 is 19.8 Å². The summed E-state index contributed by atoms with van der Waals surface area (Å²) in [6, 6.07) is 11.0. The number of nitrogens with zero attached hydrogens (tertiary/aromatic N) is 2. The van der Waals surface area contributed by atoms with Crippen LogP contribution < -0.4 is 5.32 Å². The minimum Gasteiger partial charge on any atom is -0.480 e. The van der Waals surface area contributed by atoms with Crippen molar-refractivity contribution >= 4 is 29.3 Å². The van der Waals surface area contributed by atoms with Gasteiger partial charge in [-0.2, -0.15) is 0 Å². The number of benzene rings is 1. The number of amides is 1. The van der Waals surface area contributed by atoms with E-state index in [0.717, 1.165) is 37.7 Å². The number of rotatable bonds is 6. The molecular weight excluding hydrogens is 502 g/mol. The fourth-order valence-electron chi connectivity index (χ4n) is 6.31. The third kappa shape index (κ3) is 5.84. The molecule has 2 aromatic rings. The van der Waals surface area contributed by atoms with Crippen molar-refractivity contribution in [3.8, 4) is 0 Å². The molecule has 38 heavy (non-hydrogen) atoms. The van der Waals surface area contributed by atoms with Crippen LogP contribution in [0.5, 0.6) is 0 Å². The summed E-state index contributed by atoms with van der Waals surface area (Å²) in [6.45, 7) is 9.41. The zero-order valence-corrected chi connectivity index (χ0v) is 23.7. The molecule has 1 saturated heterocycles. The molecule has 8 heteroatoms. The third-order valence-electron chi connectivity index (χ3n) is 8.08. The Morgan fingerprint density at radius 3 is 2.21 bits per heavy atom. The summed E-state index contributed by atoms with van der Waals surface area (Å²) in [6.07, 6.45) is 4.63. The second-order valence-corrected chi connectivity index (χ2v) is 12.8. The number of anilines is 1. The number of pyridine rings is 1. The molecule has 4 rings (SSSR count). The Bertz CT molecular complexity index is 1150. The van der Waals surface area contributed by atoms with Crippen molar-refractivity contribution in [3.63, 3.8) is 0 Å². The van der Waals surface area contributed by atoms with Gasteiger partial charge in [0, 0.05) is 11.8 Å². The van der Waals surface area contributed by atoms with E-state index in [-0.39, 0.29) is 17.0 Å². The van der Waals surface area contributed by atoms with Crippen molar-refractivity contribution in [3.05, 3.63) is 58.7 Å². The smallest absolute Gasteiger partial charge is 0.326 e. The summed E-state index contributed by atoms with van der Waals surface area (Å²) >= 11 is 6.36. The molecule has 0 radical (unpaired) electrons. The number of aliphatic hydroxyl groups is 1. The van der Waals surface area contributed by atoms with Gasteiger partial charge in [-0.3, -0.25) is 4.79 Å². The second kappa shape index (κ2) is 10.9. The first-order chi connectivity index (χ1) is 17.8. The first-order valence-electron chi connectivity index (χ1n) is 13.6. The number of likely N-dealkylation sites (tertiary alicyclic amines) is 1. The van der Waals surface area contributed by atoms with Crippen molar-refractivity contribution in [1.29, 1.82) is 0 Å². The van der Waals surface area contributed by atoms with Gasteiger partial charge in [-0.25, -0.2) is 9.78 Å². The van der Waals surface area contributed by atoms with Crippen molar-refractivity contribution in [2.24, 2.45) is 17.3 Å². The van der Waals surface area contributed by atoms with Gasteiger partial charge in [-0.05, 0) is 55.4 Å². The van der Waals surface area contributed by atoms with Crippen LogP contribution >= 0.6 is 11.6 Å². The number of hydrogen-bond donors (Lipinski definition) is 3. The zero-order valence-electron chi connectivity index (χ0n) is 22.9. The summed E-state index contributed by atoms with van der Waals surface area (Å²) in [5, 5.41) is 25.0. The highest BCUT2D eigenvalue weighted by molar-refractivity contribution is 6.29. The lowest BCUT2D eigenvalue weighted by Gasteiger charge is -2.36. The molecule has 0 bridgehead atoms. The molecule has 0 spiro atoms. The highest BCUT2D eigenvalue weighted by Gasteiger charge is 2.58. The van der Waals surface area contributed by atoms with Gasteiger partial charge in [0.1, 0.15) is 17.0 Å². The molecule has 1 aliphatic carbocycles. The summed E-state index contributed by atoms with van der Waals surface area (Å²) < 4.78 is 0. The largest absolute Gasteiger partial charge is 0.480 e. The Hall–Kier alpha value is -2.64. The first kappa shape index (κ1) is 28.4. The summed E-state index contributed by atoms with van der Waals surface area (Å²) in [7, 11) is 0. The van der Waals surface area contributed by atoms with Gasteiger partial charge in [-0.1, -0.05) is 82.0 Å². The van der Waals surface area contributed by atoms with Gasteiger partial charge in [0.25, 0.3) is 0 Å². The number of hydrogen-bond acceptors (Lipinski definition) is 5. The van der Waals surface area contributed by atoms with E-state index in [0.29, 0.717) is 11.4 Å². The van der Waals surface area contributed by atoms with Crippen LogP contribution in [0.25, 0.3) is 0 Å². The van der Waals surface area contributed by atoms with Crippen molar-refractivity contribution in [1.82, 2.24) is 9.88 Å². The Balaban J connectivity index is 1.88. The number of aromatic nitrogens is 1. The lowest BCUT2D eigenvalue weighted by Crippen LogP contribution is -2.49. The van der Waals surface area contributed by atoms with Crippen LogP contribution in [0, 0.1) is 17.3 Å². The van der Waals surface area contributed by atoms with Gasteiger partial charge in [0.2, 0.25) is 5.91 Å². The molecule has 4 atom stereocenters. The van der Waals surface area contributed by atoms with Crippen LogP contribution in [0.15, 0.2) is 42.5 Å². The molecule has 2 heterocycles. The maximum Gasteiger partial charge on any atom is 0.326 e. The van der Waals surface area contributed by atoms with E-state index in [1.165, 1.54) is 0 Å². The number of halogens is 1. The number of carbonyl (C=O) groups is 2. The van der Waals surface area contributed by atoms with Crippen molar-refractivity contribution in [2.45, 2.75) is 90.4 Å². The fourth-order valence-corrected chi connectivity index (χ4v) is 6.52. The van der Waals surface area contributed by atoms with Crippen molar-refractivity contribution in [2.75, 3.05) is 5.32 Å². The molecule has 1 aromatic carbocycles. The Morgan fingerprint density at radius 1 is 1.03 bits per heavy atom. The van der Waals surface area contributed by atoms with Crippen LogP contribution in [-0.2, 0) is 15.2 Å². The normalized spacial score (nSPS) is 24.9. The van der Waals surface area contributed by atoms with E-state index in [1.807, 2.05) is 51.1 Å². The van der Waals surface area contributed by atoms with Gasteiger partial charge >= 0.3 is 5.97 Å². The van der Waals surface area contributed by atoms with E-state index in [4.69, 9.17) is 11.6 Å². The van der Waals surface area contributed by atoms with Crippen LogP contribution in [0.2, 0.25) is 5.15 Å². The Morgan fingerprint density at radius 2 is 1.66 bits per heavy atom. The fraction of sp³-hybridized carbons (Fsp3) is 0.567. The maximum atomic E-state index is 14.2. The van der Waals surface area contributed by atoms with E-state index in [2.05, 4.69) is 10.3 Å². The molecule has 0 unspecified atom stereocenters. The first-order valence-corrected chi connectivity index (χ1v) is 13.9. The minimum absolute atomic E-state index is 0.0827. The highest BCUT2D eigenvalue weighted by Crippen LogP contribution is 2.50. The molecular formula is C30H40ClN3O4. The molecule has 3 N–H and O–H groups in total. The highest BCUT2D eigenvalue weighted by atomic mass is 35.5. The number of carbonyl (C=O) groups excluding carboxylic acids is 1. The molecule has 2 fully saturated rings. The molecule has 1 aliphatic heterocycles. The number of nitrogens with one attached hydrogen (secondary N) is 1. The van der Waals surface area contributed by atoms with E-state index < -0.39 is 41.0 Å². The average molecular weight is 542 g/mol. The lowest BCUT2D eigenvalue weighted by atomic mass is 9.72. The van der Waals surface area contributed by atoms with Crippen LogP contribution in [0.1, 0.15) is 83.9 Å².